The second kappa shape index (κ2) is 5.34. The number of aromatic nitrogens is 2. The molecule has 90 valence electrons. The maximum absolute atomic E-state index is 4.44. The molecule has 2 rings (SSSR count). The van der Waals surface area contributed by atoms with Gasteiger partial charge in [0, 0.05) is 38.6 Å². The van der Waals surface area contributed by atoms with Gasteiger partial charge in [0.15, 0.2) is 0 Å². The van der Waals surface area contributed by atoms with Crippen LogP contribution in [0.5, 0.6) is 0 Å². The van der Waals surface area contributed by atoms with Gasteiger partial charge in [0.25, 0.3) is 0 Å². The molecule has 1 saturated heterocycles. The fourth-order valence-corrected chi connectivity index (χ4v) is 2.38. The average Bonchev–Trinajstić information content (AvgIpc) is 2.88. The van der Waals surface area contributed by atoms with Crippen LogP contribution >= 0.6 is 0 Å². The third-order valence-corrected chi connectivity index (χ3v) is 3.18. The van der Waals surface area contributed by atoms with Gasteiger partial charge in [0.05, 0.1) is 0 Å². The van der Waals surface area contributed by atoms with E-state index < -0.39 is 0 Å². The highest BCUT2D eigenvalue weighted by Gasteiger charge is 2.19. The van der Waals surface area contributed by atoms with Gasteiger partial charge in [0.2, 0.25) is 5.95 Å². The molecule has 16 heavy (non-hydrogen) atoms. The van der Waals surface area contributed by atoms with Gasteiger partial charge in [-0.15, -0.1) is 0 Å². The number of imidazole rings is 1. The Labute approximate surface area is 97.7 Å². The maximum atomic E-state index is 4.44. The molecule has 1 aliphatic heterocycles. The van der Waals surface area contributed by atoms with Crippen molar-refractivity contribution < 1.29 is 0 Å². The quantitative estimate of drug-likeness (QED) is 0.817. The van der Waals surface area contributed by atoms with Crippen LogP contribution in [0.25, 0.3) is 0 Å². The lowest BCUT2D eigenvalue weighted by Gasteiger charge is -2.26. The van der Waals surface area contributed by atoms with Gasteiger partial charge in [-0.25, -0.2) is 4.98 Å². The Morgan fingerprint density at radius 3 is 3.06 bits per heavy atom. The van der Waals surface area contributed by atoms with Crippen LogP contribution in [-0.4, -0.2) is 35.2 Å². The molecular weight excluding hydrogens is 200 g/mol. The number of nitrogens with zero attached hydrogens (tertiary/aromatic N) is 3. The lowest BCUT2D eigenvalue weighted by molar-refractivity contribution is 0.567. The molecule has 1 N–H and O–H groups in total. The summed E-state index contributed by atoms with van der Waals surface area (Å²) in [5.74, 6) is 1.09. The predicted octanol–water partition coefficient (Wildman–Crippen LogP) is 1.39. The van der Waals surface area contributed by atoms with Crippen LogP contribution in [0.1, 0.15) is 26.2 Å². The fourth-order valence-electron chi connectivity index (χ4n) is 2.38. The molecule has 0 aromatic carbocycles. The van der Waals surface area contributed by atoms with Crippen LogP contribution < -0.4 is 10.2 Å². The summed E-state index contributed by atoms with van der Waals surface area (Å²) in [6, 6.07) is 0.642. The highest BCUT2D eigenvalue weighted by Crippen LogP contribution is 2.14. The zero-order valence-electron chi connectivity index (χ0n) is 10.3. The predicted molar refractivity (Wildman–Crippen MR) is 66.7 cm³/mol. The zero-order valence-corrected chi connectivity index (χ0v) is 10.3. The molecule has 1 atom stereocenters. The van der Waals surface area contributed by atoms with Gasteiger partial charge in [-0.1, -0.05) is 6.92 Å². The molecule has 0 amide bonds. The molecule has 0 radical (unpaired) electrons. The van der Waals surface area contributed by atoms with Gasteiger partial charge < -0.3 is 14.8 Å². The molecular formula is C12H22N4. The lowest BCUT2D eigenvalue weighted by Crippen LogP contribution is -2.39. The Hall–Kier alpha value is -1.03. The van der Waals surface area contributed by atoms with Crippen LogP contribution in [0.15, 0.2) is 12.4 Å². The summed E-state index contributed by atoms with van der Waals surface area (Å²) in [6.45, 7) is 5.56. The number of anilines is 1. The Balaban J connectivity index is 2.01. The van der Waals surface area contributed by atoms with E-state index in [0.29, 0.717) is 6.04 Å². The summed E-state index contributed by atoms with van der Waals surface area (Å²) in [7, 11) is 2.06. The lowest BCUT2D eigenvalue weighted by atomic mass is 10.2. The molecule has 1 aromatic rings. The average molecular weight is 222 g/mol. The van der Waals surface area contributed by atoms with E-state index in [9.17, 15) is 0 Å². The second-order valence-electron chi connectivity index (χ2n) is 4.58. The summed E-state index contributed by atoms with van der Waals surface area (Å²) in [5.41, 5.74) is 0. The van der Waals surface area contributed by atoms with Crippen LogP contribution in [0.4, 0.5) is 5.95 Å². The first-order valence-electron chi connectivity index (χ1n) is 6.27. The second-order valence-corrected chi connectivity index (χ2v) is 4.58. The molecule has 1 aliphatic rings. The summed E-state index contributed by atoms with van der Waals surface area (Å²) in [6.07, 6.45) is 7.66. The molecule has 2 heterocycles. The SMILES string of the molecule is CCCN(CC1CCCN1)c1nccn1C. The maximum Gasteiger partial charge on any atom is 0.205 e. The monoisotopic (exact) mass is 222 g/mol. The van der Waals surface area contributed by atoms with Crippen molar-refractivity contribution in [2.45, 2.75) is 32.2 Å². The minimum absolute atomic E-state index is 0.642. The van der Waals surface area contributed by atoms with E-state index in [-0.39, 0.29) is 0 Å². The Morgan fingerprint density at radius 2 is 2.50 bits per heavy atom. The van der Waals surface area contributed by atoms with E-state index in [0.717, 1.165) is 19.0 Å². The third-order valence-electron chi connectivity index (χ3n) is 3.18. The Kier molecular flexibility index (Phi) is 3.83. The van der Waals surface area contributed by atoms with Crippen LogP contribution in [0, 0.1) is 0 Å². The van der Waals surface area contributed by atoms with Crippen molar-refractivity contribution in [3.8, 4) is 0 Å². The van der Waals surface area contributed by atoms with E-state index in [1.807, 2.05) is 12.4 Å². The number of hydrogen-bond acceptors (Lipinski definition) is 3. The van der Waals surface area contributed by atoms with E-state index in [2.05, 4.69) is 33.7 Å². The number of rotatable bonds is 5. The fraction of sp³-hybridized carbons (Fsp3) is 0.750. The molecule has 1 fully saturated rings. The summed E-state index contributed by atoms with van der Waals surface area (Å²) in [4.78, 5) is 6.83. The molecule has 4 nitrogen and oxygen atoms in total. The van der Waals surface area contributed by atoms with E-state index in [1.54, 1.807) is 0 Å². The third kappa shape index (κ3) is 2.55. The molecule has 0 bridgehead atoms. The van der Waals surface area contributed by atoms with Gasteiger partial charge >= 0.3 is 0 Å². The zero-order chi connectivity index (χ0) is 11.4. The van der Waals surface area contributed by atoms with E-state index >= 15 is 0 Å². The summed E-state index contributed by atoms with van der Waals surface area (Å²) >= 11 is 0. The molecule has 0 aliphatic carbocycles. The first kappa shape index (κ1) is 11.5. The first-order chi connectivity index (χ1) is 7.81. The van der Waals surface area contributed by atoms with Crippen molar-refractivity contribution in [2.75, 3.05) is 24.5 Å². The largest absolute Gasteiger partial charge is 0.341 e. The normalized spacial score (nSPS) is 20.2. The molecule has 0 spiro atoms. The van der Waals surface area contributed by atoms with Gasteiger partial charge in [-0.2, -0.15) is 0 Å². The highest BCUT2D eigenvalue weighted by atomic mass is 15.3. The van der Waals surface area contributed by atoms with E-state index in [4.69, 9.17) is 0 Å². The molecule has 4 heteroatoms. The van der Waals surface area contributed by atoms with Crippen molar-refractivity contribution in [1.82, 2.24) is 14.9 Å². The van der Waals surface area contributed by atoms with Crippen molar-refractivity contribution in [2.24, 2.45) is 7.05 Å². The van der Waals surface area contributed by atoms with Crippen LogP contribution in [0.2, 0.25) is 0 Å². The number of nitrogens with one attached hydrogen (secondary N) is 1. The Morgan fingerprint density at radius 1 is 1.62 bits per heavy atom. The van der Waals surface area contributed by atoms with E-state index in [1.165, 1.54) is 25.8 Å². The Bertz CT molecular complexity index is 315. The first-order valence-corrected chi connectivity index (χ1v) is 6.27. The smallest absolute Gasteiger partial charge is 0.205 e. The molecule has 1 unspecified atom stereocenters. The van der Waals surface area contributed by atoms with Gasteiger partial charge in [-0.05, 0) is 25.8 Å². The molecule has 0 saturated carbocycles. The van der Waals surface area contributed by atoms with Gasteiger partial charge in [0.1, 0.15) is 0 Å². The summed E-state index contributed by atoms with van der Waals surface area (Å²) in [5, 5.41) is 3.55. The van der Waals surface area contributed by atoms with Crippen LogP contribution in [-0.2, 0) is 7.05 Å². The standard InChI is InChI=1S/C12H22N4/c1-3-8-16(10-11-5-4-6-13-11)12-14-7-9-15(12)2/h7,9,11,13H,3-6,8,10H2,1-2H3. The van der Waals surface area contributed by atoms with Crippen molar-refractivity contribution in [3.63, 3.8) is 0 Å². The van der Waals surface area contributed by atoms with Crippen LogP contribution in [0.3, 0.4) is 0 Å². The van der Waals surface area contributed by atoms with Gasteiger partial charge in [-0.3, -0.25) is 0 Å². The van der Waals surface area contributed by atoms with Crippen molar-refractivity contribution in [1.29, 1.82) is 0 Å². The molecule has 1 aromatic heterocycles. The summed E-state index contributed by atoms with van der Waals surface area (Å²) < 4.78 is 2.10. The van der Waals surface area contributed by atoms with Crippen molar-refractivity contribution >= 4 is 5.95 Å². The van der Waals surface area contributed by atoms with Crippen molar-refractivity contribution in [3.05, 3.63) is 12.4 Å². The topological polar surface area (TPSA) is 33.1 Å². The minimum Gasteiger partial charge on any atom is -0.341 e. The highest BCUT2D eigenvalue weighted by molar-refractivity contribution is 5.31. The minimum atomic E-state index is 0.642. The number of aryl methyl sites for hydroxylation is 1. The number of hydrogen-bond donors (Lipinski definition) is 1.